The van der Waals surface area contributed by atoms with Gasteiger partial charge >= 0.3 is 0 Å². The Labute approximate surface area is 125 Å². The molecule has 2 aromatic carbocycles. The standard InChI is InChI=1S/C13H11N2O6P/c1-21-22(20,12-6-2-4-10(8-12)14(16)17)13-7-3-5-11(9-13)15(18)19/h2-9H,1H3. The Morgan fingerprint density at radius 1 is 0.909 bits per heavy atom. The van der Waals surface area contributed by atoms with E-state index in [4.69, 9.17) is 4.52 Å². The van der Waals surface area contributed by atoms with Gasteiger partial charge < -0.3 is 4.52 Å². The summed E-state index contributed by atoms with van der Waals surface area (Å²) in [6.07, 6.45) is 0. The molecule has 0 N–H and O–H groups in total. The van der Waals surface area contributed by atoms with Crippen molar-refractivity contribution in [2.75, 3.05) is 7.11 Å². The van der Waals surface area contributed by atoms with Gasteiger partial charge in [-0.2, -0.15) is 0 Å². The molecule has 8 nitrogen and oxygen atoms in total. The van der Waals surface area contributed by atoms with Gasteiger partial charge in [0.1, 0.15) is 0 Å². The van der Waals surface area contributed by atoms with Crippen LogP contribution >= 0.6 is 7.37 Å². The largest absolute Gasteiger partial charge is 0.325 e. The Morgan fingerprint density at radius 2 is 1.32 bits per heavy atom. The van der Waals surface area contributed by atoms with Crippen molar-refractivity contribution in [2.45, 2.75) is 0 Å². The minimum atomic E-state index is -3.65. The van der Waals surface area contributed by atoms with E-state index in [2.05, 4.69) is 0 Å². The molecule has 0 saturated heterocycles. The van der Waals surface area contributed by atoms with Crippen molar-refractivity contribution in [1.82, 2.24) is 0 Å². The van der Waals surface area contributed by atoms with Crippen LogP contribution in [0.1, 0.15) is 0 Å². The van der Waals surface area contributed by atoms with Gasteiger partial charge in [0.2, 0.25) is 0 Å². The zero-order valence-corrected chi connectivity index (χ0v) is 12.3. The predicted octanol–water partition coefficient (Wildman–Crippen LogP) is 2.38. The molecule has 22 heavy (non-hydrogen) atoms. The summed E-state index contributed by atoms with van der Waals surface area (Å²) in [6.45, 7) is 0. The van der Waals surface area contributed by atoms with Crippen LogP contribution in [0.15, 0.2) is 48.5 Å². The summed E-state index contributed by atoms with van der Waals surface area (Å²) in [5, 5.41) is 21.9. The number of benzene rings is 2. The topological polar surface area (TPSA) is 113 Å². The highest BCUT2D eigenvalue weighted by Gasteiger charge is 2.30. The van der Waals surface area contributed by atoms with Gasteiger partial charge in [0.15, 0.2) is 0 Å². The zero-order valence-electron chi connectivity index (χ0n) is 11.4. The van der Waals surface area contributed by atoms with Gasteiger partial charge in [-0.3, -0.25) is 24.8 Å². The molecule has 9 heteroatoms. The lowest BCUT2D eigenvalue weighted by molar-refractivity contribution is -0.384. The third-order valence-electron chi connectivity index (χ3n) is 3.02. The molecular formula is C13H11N2O6P. The normalized spacial score (nSPS) is 11.1. The summed E-state index contributed by atoms with van der Waals surface area (Å²) in [4.78, 5) is 20.4. The van der Waals surface area contributed by atoms with Gasteiger partial charge in [-0.05, 0) is 12.1 Å². The van der Waals surface area contributed by atoms with Gasteiger partial charge in [0.05, 0.1) is 9.85 Å². The average Bonchev–Trinajstić information content (AvgIpc) is 2.54. The van der Waals surface area contributed by atoms with Crippen molar-refractivity contribution in [1.29, 1.82) is 0 Å². The van der Waals surface area contributed by atoms with Gasteiger partial charge in [-0.1, -0.05) is 12.1 Å². The minimum Gasteiger partial charge on any atom is -0.325 e. The number of nitro benzene ring substituents is 2. The lowest BCUT2D eigenvalue weighted by Gasteiger charge is -2.16. The number of nitro groups is 2. The van der Waals surface area contributed by atoms with Crippen molar-refractivity contribution in [2.24, 2.45) is 0 Å². The summed E-state index contributed by atoms with van der Waals surface area (Å²) < 4.78 is 18.2. The van der Waals surface area contributed by atoms with Crippen LogP contribution in [0.4, 0.5) is 11.4 Å². The van der Waals surface area contributed by atoms with Gasteiger partial charge in [0.25, 0.3) is 18.7 Å². The van der Waals surface area contributed by atoms with Gasteiger partial charge in [-0.25, -0.2) is 0 Å². The molecule has 0 saturated carbocycles. The molecule has 0 heterocycles. The first-order valence-corrected chi connectivity index (χ1v) is 7.67. The molecule has 0 unspecified atom stereocenters. The van der Waals surface area contributed by atoms with Crippen molar-refractivity contribution < 1.29 is 18.9 Å². The van der Waals surface area contributed by atoms with Crippen LogP contribution in [0.25, 0.3) is 0 Å². The lowest BCUT2D eigenvalue weighted by atomic mass is 10.3. The molecule has 2 aromatic rings. The van der Waals surface area contributed by atoms with E-state index in [9.17, 15) is 24.8 Å². The second kappa shape index (κ2) is 6.05. The fraction of sp³-hybridized carbons (Fsp3) is 0.0769. The van der Waals surface area contributed by atoms with E-state index in [0.717, 1.165) is 12.1 Å². The summed E-state index contributed by atoms with van der Waals surface area (Å²) in [5.41, 5.74) is -0.472. The van der Waals surface area contributed by atoms with Crippen LogP contribution < -0.4 is 10.6 Å². The average molecular weight is 322 g/mol. The first-order valence-electron chi connectivity index (χ1n) is 6.04. The molecule has 0 spiro atoms. The molecule has 0 aromatic heterocycles. The highest BCUT2D eigenvalue weighted by atomic mass is 31.2. The molecule has 0 radical (unpaired) electrons. The molecule has 0 aliphatic rings. The number of hydrogen-bond acceptors (Lipinski definition) is 6. The molecule has 0 atom stereocenters. The Morgan fingerprint density at radius 3 is 1.64 bits per heavy atom. The number of rotatable bonds is 5. The Kier molecular flexibility index (Phi) is 4.35. The van der Waals surface area contributed by atoms with Crippen LogP contribution in [0, 0.1) is 20.2 Å². The van der Waals surface area contributed by atoms with Crippen molar-refractivity contribution in [3.63, 3.8) is 0 Å². The number of non-ortho nitro benzene ring substituents is 2. The molecule has 0 amide bonds. The molecule has 114 valence electrons. The Bertz CT molecular complexity index is 730. The molecule has 0 aliphatic heterocycles. The SMILES string of the molecule is COP(=O)(c1cccc([N+](=O)[O-])c1)c1cccc([N+](=O)[O-])c1. The summed E-state index contributed by atoms with van der Waals surface area (Å²) >= 11 is 0. The second-order valence-corrected chi connectivity index (χ2v) is 6.79. The predicted molar refractivity (Wildman–Crippen MR) is 80.1 cm³/mol. The second-order valence-electron chi connectivity index (χ2n) is 4.29. The fourth-order valence-electron chi connectivity index (χ4n) is 1.94. The highest BCUT2D eigenvalue weighted by molar-refractivity contribution is 7.74. The quantitative estimate of drug-likeness (QED) is 0.474. The van der Waals surface area contributed by atoms with Crippen molar-refractivity contribution >= 4 is 29.4 Å². The highest BCUT2D eigenvalue weighted by Crippen LogP contribution is 2.44. The monoisotopic (exact) mass is 322 g/mol. The minimum absolute atomic E-state index is 0.102. The third kappa shape index (κ3) is 2.88. The first-order chi connectivity index (χ1) is 10.4. The molecular weight excluding hydrogens is 311 g/mol. The maximum atomic E-state index is 13.1. The van der Waals surface area contributed by atoms with E-state index in [-0.39, 0.29) is 22.0 Å². The van der Waals surface area contributed by atoms with Crippen molar-refractivity contribution in [3.05, 3.63) is 68.8 Å². The van der Waals surface area contributed by atoms with Crippen LogP contribution in [0.5, 0.6) is 0 Å². The van der Waals surface area contributed by atoms with E-state index < -0.39 is 17.2 Å². The van der Waals surface area contributed by atoms with E-state index in [1.807, 2.05) is 0 Å². The van der Waals surface area contributed by atoms with E-state index in [1.165, 1.54) is 43.5 Å². The number of nitrogens with zero attached hydrogens (tertiary/aromatic N) is 2. The molecule has 2 rings (SSSR count). The maximum absolute atomic E-state index is 13.1. The fourth-order valence-corrected chi connectivity index (χ4v) is 3.83. The summed E-state index contributed by atoms with van der Waals surface area (Å²) in [5.74, 6) is 0. The molecule has 0 aliphatic carbocycles. The van der Waals surface area contributed by atoms with E-state index in [0.29, 0.717) is 0 Å². The molecule has 0 fully saturated rings. The van der Waals surface area contributed by atoms with Crippen LogP contribution in [0.2, 0.25) is 0 Å². The molecule has 0 bridgehead atoms. The smallest absolute Gasteiger partial charge is 0.270 e. The van der Waals surface area contributed by atoms with Crippen LogP contribution in [-0.2, 0) is 9.09 Å². The van der Waals surface area contributed by atoms with Gasteiger partial charge in [0, 0.05) is 42.0 Å². The van der Waals surface area contributed by atoms with Crippen molar-refractivity contribution in [3.8, 4) is 0 Å². The first kappa shape index (κ1) is 15.8. The summed E-state index contributed by atoms with van der Waals surface area (Å²) in [7, 11) is -2.45. The Balaban J connectivity index is 2.60. The van der Waals surface area contributed by atoms with Crippen LogP contribution in [-0.4, -0.2) is 17.0 Å². The Hall–Kier alpha value is -2.57. The van der Waals surface area contributed by atoms with E-state index >= 15 is 0 Å². The van der Waals surface area contributed by atoms with Gasteiger partial charge in [-0.15, -0.1) is 0 Å². The number of hydrogen-bond donors (Lipinski definition) is 0. The zero-order chi connectivity index (χ0) is 16.3. The van der Waals surface area contributed by atoms with E-state index in [1.54, 1.807) is 0 Å². The van der Waals surface area contributed by atoms with Crippen LogP contribution in [0.3, 0.4) is 0 Å². The third-order valence-corrected chi connectivity index (χ3v) is 5.45. The lowest BCUT2D eigenvalue weighted by Crippen LogP contribution is -2.18. The maximum Gasteiger partial charge on any atom is 0.270 e. The summed E-state index contributed by atoms with van der Waals surface area (Å²) in [6, 6.07) is 10.4.